The number of esters is 1. The molecule has 1 atom stereocenters. The lowest BCUT2D eigenvalue weighted by atomic mass is 10.00. The van der Waals surface area contributed by atoms with Crippen LogP contribution in [-0.2, 0) is 16.1 Å². The van der Waals surface area contributed by atoms with E-state index in [1.165, 1.54) is 13.3 Å². The fourth-order valence-corrected chi connectivity index (χ4v) is 4.31. The van der Waals surface area contributed by atoms with Crippen LogP contribution in [0.1, 0.15) is 40.1 Å². The van der Waals surface area contributed by atoms with E-state index in [1.807, 2.05) is 44.2 Å². The fraction of sp³-hybridized carbons (Fsp3) is 0.231. The van der Waals surface area contributed by atoms with Gasteiger partial charge < -0.3 is 15.0 Å². The Kier molecular flexibility index (Phi) is 6.65. The van der Waals surface area contributed by atoms with E-state index in [4.69, 9.17) is 16.3 Å². The first kappa shape index (κ1) is 23.4. The third kappa shape index (κ3) is 4.52. The Morgan fingerprint density at radius 2 is 1.79 bits per heavy atom. The van der Waals surface area contributed by atoms with Gasteiger partial charge in [0, 0.05) is 24.0 Å². The van der Waals surface area contributed by atoms with Gasteiger partial charge in [-0.25, -0.2) is 9.78 Å². The number of carbonyl (C=O) groups is 3. The second kappa shape index (κ2) is 9.65. The summed E-state index contributed by atoms with van der Waals surface area (Å²) < 4.78 is 4.93. The number of benzene rings is 2. The van der Waals surface area contributed by atoms with Gasteiger partial charge in [-0.05, 0) is 52.9 Å². The predicted molar refractivity (Wildman–Crippen MR) is 130 cm³/mol. The van der Waals surface area contributed by atoms with E-state index < -0.39 is 12.0 Å². The molecule has 3 aromatic rings. The number of hydrogen-bond acceptors (Lipinski definition) is 5. The summed E-state index contributed by atoms with van der Waals surface area (Å²) in [6, 6.07) is 15.6. The zero-order chi connectivity index (χ0) is 24.4. The lowest BCUT2D eigenvalue weighted by Gasteiger charge is -2.28. The molecule has 174 valence electrons. The highest BCUT2D eigenvalue weighted by Crippen LogP contribution is 2.32. The lowest BCUT2D eigenvalue weighted by Crippen LogP contribution is -2.45. The molecular formula is C26H24ClN3O4. The van der Waals surface area contributed by atoms with Crippen molar-refractivity contribution in [2.24, 2.45) is 5.92 Å². The summed E-state index contributed by atoms with van der Waals surface area (Å²) in [5, 5.41) is 2.94. The van der Waals surface area contributed by atoms with Crippen molar-refractivity contribution >= 4 is 35.1 Å². The molecular weight excluding hydrogens is 454 g/mol. The molecule has 0 saturated carbocycles. The van der Waals surface area contributed by atoms with Crippen LogP contribution in [0, 0.1) is 5.92 Å². The second-order valence-corrected chi connectivity index (χ2v) is 8.75. The molecule has 0 bridgehead atoms. The summed E-state index contributed by atoms with van der Waals surface area (Å²) in [5.41, 5.74) is 4.11. The summed E-state index contributed by atoms with van der Waals surface area (Å²) in [5.74, 6) is -1.02. The van der Waals surface area contributed by atoms with Crippen LogP contribution in [-0.4, -0.2) is 40.8 Å². The average Bonchev–Trinajstić information content (AvgIpc) is 3.14. The molecule has 8 heteroatoms. The Labute approximate surface area is 202 Å². The monoisotopic (exact) mass is 477 g/mol. The fourth-order valence-electron chi connectivity index (χ4n) is 4.11. The lowest BCUT2D eigenvalue weighted by molar-refractivity contribution is -0.147. The molecule has 34 heavy (non-hydrogen) atoms. The Morgan fingerprint density at radius 1 is 1.09 bits per heavy atom. The summed E-state index contributed by atoms with van der Waals surface area (Å²) >= 11 is 5.99. The molecule has 0 unspecified atom stereocenters. The summed E-state index contributed by atoms with van der Waals surface area (Å²) in [4.78, 5) is 43.4. The highest BCUT2D eigenvalue weighted by molar-refractivity contribution is 6.33. The largest absolute Gasteiger partial charge is 0.467 e. The maximum Gasteiger partial charge on any atom is 0.328 e. The van der Waals surface area contributed by atoms with Gasteiger partial charge >= 0.3 is 5.97 Å². The van der Waals surface area contributed by atoms with E-state index >= 15 is 0 Å². The predicted octanol–water partition coefficient (Wildman–Crippen LogP) is 4.81. The molecule has 2 amide bonds. The highest BCUT2D eigenvalue weighted by Gasteiger charge is 2.38. The zero-order valence-corrected chi connectivity index (χ0v) is 19.8. The standard InChI is InChI=1S/C26H24ClN3O4/c1-15(2)22(26(33)34-3)30-14-18-7-6-17(13-21(18)25(30)32)16-8-10-19(11-9-16)29-24(31)20-5-4-12-28-23(20)27/h4-13,15,22H,14H2,1-3H3,(H,29,31)/t22-/m0/s1. The molecule has 0 saturated heterocycles. The van der Waals surface area contributed by atoms with Gasteiger partial charge in [-0.15, -0.1) is 0 Å². The van der Waals surface area contributed by atoms with Gasteiger partial charge in [-0.3, -0.25) is 9.59 Å². The third-order valence-corrected chi connectivity index (χ3v) is 6.13. The maximum atomic E-state index is 13.1. The Hall–Kier alpha value is -3.71. The van der Waals surface area contributed by atoms with Crippen molar-refractivity contribution in [3.8, 4) is 11.1 Å². The summed E-state index contributed by atoms with van der Waals surface area (Å²) in [6.45, 7) is 4.16. The van der Waals surface area contributed by atoms with Gasteiger partial charge in [-0.1, -0.05) is 49.7 Å². The average molecular weight is 478 g/mol. The van der Waals surface area contributed by atoms with Crippen LogP contribution in [0.3, 0.4) is 0 Å². The first-order valence-corrected chi connectivity index (χ1v) is 11.2. The van der Waals surface area contributed by atoms with Crippen LogP contribution in [0.25, 0.3) is 11.1 Å². The number of halogens is 1. The number of carbonyl (C=O) groups excluding carboxylic acids is 3. The minimum absolute atomic E-state index is 0.0746. The van der Waals surface area contributed by atoms with E-state index in [1.54, 1.807) is 29.2 Å². The van der Waals surface area contributed by atoms with Crippen molar-refractivity contribution in [1.29, 1.82) is 0 Å². The van der Waals surface area contributed by atoms with Gasteiger partial charge in [0.05, 0.1) is 12.7 Å². The smallest absolute Gasteiger partial charge is 0.328 e. The van der Waals surface area contributed by atoms with Gasteiger partial charge in [0.2, 0.25) is 0 Å². The molecule has 7 nitrogen and oxygen atoms in total. The van der Waals surface area contributed by atoms with E-state index in [0.29, 0.717) is 23.4 Å². The van der Waals surface area contributed by atoms with Crippen molar-refractivity contribution in [3.05, 3.63) is 82.6 Å². The number of fused-ring (bicyclic) bond motifs is 1. The normalized spacial score (nSPS) is 13.6. The Balaban J connectivity index is 1.53. The van der Waals surface area contributed by atoms with Crippen LogP contribution < -0.4 is 5.32 Å². The van der Waals surface area contributed by atoms with Crippen molar-refractivity contribution in [1.82, 2.24) is 9.88 Å². The number of anilines is 1. The SMILES string of the molecule is COC(=O)[C@H](C(C)C)N1Cc2ccc(-c3ccc(NC(=O)c4cccnc4Cl)cc3)cc2C1=O. The third-order valence-electron chi connectivity index (χ3n) is 5.83. The molecule has 1 aliphatic rings. The number of amides is 2. The number of nitrogens with zero attached hydrogens (tertiary/aromatic N) is 2. The van der Waals surface area contributed by atoms with Gasteiger partial charge in [0.1, 0.15) is 11.2 Å². The molecule has 4 rings (SSSR count). The van der Waals surface area contributed by atoms with Crippen LogP contribution in [0.4, 0.5) is 5.69 Å². The topological polar surface area (TPSA) is 88.6 Å². The Bertz CT molecular complexity index is 1260. The van der Waals surface area contributed by atoms with Gasteiger partial charge in [-0.2, -0.15) is 0 Å². The minimum Gasteiger partial charge on any atom is -0.467 e. The van der Waals surface area contributed by atoms with Crippen LogP contribution in [0.15, 0.2) is 60.8 Å². The highest BCUT2D eigenvalue weighted by atomic mass is 35.5. The van der Waals surface area contributed by atoms with Gasteiger partial charge in [0.15, 0.2) is 0 Å². The molecule has 2 heterocycles. The summed E-state index contributed by atoms with van der Waals surface area (Å²) in [6.07, 6.45) is 1.52. The van der Waals surface area contributed by atoms with E-state index in [0.717, 1.165) is 16.7 Å². The molecule has 1 N–H and O–H groups in total. The quantitative estimate of drug-likeness (QED) is 0.406. The summed E-state index contributed by atoms with van der Waals surface area (Å²) in [7, 11) is 1.33. The first-order valence-electron chi connectivity index (χ1n) is 10.8. The molecule has 0 aliphatic carbocycles. The number of hydrogen-bond donors (Lipinski definition) is 1. The molecule has 0 fully saturated rings. The maximum absolute atomic E-state index is 13.1. The molecule has 1 aliphatic heterocycles. The number of pyridine rings is 1. The number of nitrogens with one attached hydrogen (secondary N) is 1. The zero-order valence-electron chi connectivity index (χ0n) is 19.0. The van der Waals surface area contributed by atoms with Crippen molar-refractivity contribution < 1.29 is 19.1 Å². The Morgan fingerprint density at radius 3 is 2.44 bits per heavy atom. The molecule has 1 aromatic heterocycles. The number of ether oxygens (including phenoxy) is 1. The van der Waals surface area contributed by atoms with Crippen LogP contribution in [0.5, 0.6) is 0 Å². The van der Waals surface area contributed by atoms with Crippen molar-refractivity contribution in [2.75, 3.05) is 12.4 Å². The van der Waals surface area contributed by atoms with Crippen molar-refractivity contribution in [2.45, 2.75) is 26.4 Å². The number of rotatable bonds is 6. The number of aromatic nitrogens is 1. The molecule has 0 radical (unpaired) electrons. The van der Waals surface area contributed by atoms with Crippen LogP contribution in [0.2, 0.25) is 5.15 Å². The van der Waals surface area contributed by atoms with Crippen LogP contribution >= 0.6 is 11.6 Å². The van der Waals surface area contributed by atoms with E-state index in [-0.39, 0.29) is 22.9 Å². The van der Waals surface area contributed by atoms with Crippen molar-refractivity contribution in [3.63, 3.8) is 0 Å². The minimum atomic E-state index is -0.635. The first-order chi connectivity index (χ1) is 16.3. The van der Waals surface area contributed by atoms with Gasteiger partial charge in [0.25, 0.3) is 11.8 Å². The van der Waals surface area contributed by atoms with E-state index in [9.17, 15) is 14.4 Å². The second-order valence-electron chi connectivity index (χ2n) is 8.39. The molecule has 2 aromatic carbocycles. The number of methoxy groups -OCH3 is 1. The molecule has 0 spiro atoms. The van der Waals surface area contributed by atoms with E-state index in [2.05, 4.69) is 10.3 Å².